The van der Waals surface area contributed by atoms with Gasteiger partial charge < -0.3 is 15.3 Å². The van der Waals surface area contributed by atoms with Gasteiger partial charge in [-0.25, -0.2) is 0 Å². The van der Waals surface area contributed by atoms with Crippen LogP contribution in [0.1, 0.15) is 5.56 Å². The molecule has 7 heteroatoms. The van der Waals surface area contributed by atoms with E-state index in [4.69, 9.17) is 11.6 Å². The lowest BCUT2D eigenvalue weighted by molar-refractivity contribution is -0.128. The van der Waals surface area contributed by atoms with Crippen molar-refractivity contribution < 1.29 is 9.90 Å². The number of nitrogens with zero attached hydrogens (tertiary/aromatic N) is 3. The van der Waals surface area contributed by atoms with Crippen molar-refractivity contribution in [3.05, 3.63) is 70.9 Å². The van der Waals surface area contributed by atoms with Crippen molar-refractivity contribution in [1.82, 2.24) is 9.80 Å². The summed E-state index contributed by atoms with van der Waals surface area (Å²) >= 11 is 5.91. The molecule has 1 saturated heterocycles. The van der Waals surface area contributed by atoms with Crippen molar-refractivity contribution in [3.63, 3.8) is 0 Å². The van der Waals surface area contributed by atoms with Gasteiger partial charge in [0.05, 0.1) is 5.69 Å². The fourth-order valence-corrected chi connectivity index (χ4v) is 3.21. The Morgan fingerprint density at radius 2 is 1.89 bits per heavy atom. The molecule has 3 rings (SSSR count). The van der Waals surface area contributed by atoms with E-state index in [-0.39, 0.29) is 17.2 Å². The van der Waals surface area contributed by atoms with Gasteiger partial charge >= 0.3 is 0 Å². The van der Waals surface area contributed by atoms with Crippen molar-refractivity contribution in [1.29, 1.82) is 5.26 Å². The van der Waals surface area contributed by atoms with Crippen molar-refractivity contribution in [2.24, 2.45) is 0 Å². The summed E-state index contributed by atoms with van der Waals surface area (Å²) in [5, 5.41) is 22.4. The minimum Gasteiger partial charge on any atom is -0.506 e. The van der Waals surface area contributed by atoms with Crippen LogP contribution in [0, 0.1) is 11.3 Å². The molecule has 6 nitrogen and oxygen atoms in total. The monoisotopic (exact) mass is 396 g/mol. The van der Waals surface area contributed by atoms with Crippen LogP contribution in [0.2, 0.25) is 5.02 Å². The molecule has 0 spiro atoms. The Hall–Kier alpha value is -3.01. The number of piperazine rings is 1. The lowest BCUT2D eigenvalue weighted by Crippen LogP contribution is -2.48. The average molecular weight is 397 g/mol. The molecule has 2 aromatic carbocycles. The summed E-state index contributed by atoms with van der Waals surface area (Å²) in [6.07, 6.45) is 1.31. The number of phenolic OH excluding ortho intramolecular Hbond substituents is 1. The smallest absolute Gasteiger partial charge is 0.266 e. The second-order valence-electron chi connectivity index (χ2n) is 6.53. The molecule has 144 valence electrons. The number of amides is 1. The Bertz CT molecular complexity index is 900. The summed E-state index contributed by atoms with van der Waals surface area (Å²) in [6.45, 7) is 3.48. The van der Waals surface area contributed by atoms with Crippen LogP contribution in [0.5, 0.6) is 5.75 Å². The highest BCUT2D eigenvalue weighted by atomic mass is 35.5. The SMILES string of the molecule is N#C/C(=C/Nc1cc(Cl)ccc1O)C(=O)N1CCN(Cc2ccccc2)CC1. The van der Waals surface area contributed by atoms with Gasteiger partial charge in [0.25, 0.3) is 5.91 Å². The number of rotatable bonds is 5. The summed E-state index contributed by atoms with van der Waals surface area (Å²) in [7, 11) is 0. The van der Waals surface area contributed by atoms with E-state index in [0.29, 0.717) is 23.8 Å². The third-order valence-electron chi connectivity index (χ3n) is 4.59. The number of nitriles is 1. The molecule has 0 saturated carbocycles. The summed E-state index contributed by atoms with van der Waals surface area (Å²) < 4.78 is 0. The van der Waals surface area contributed by atoms with Gasteiger partial charge in [-0.1, -0.05) is 41.9 Å². The molecule has 0 unspecified atom stereocenters. The first kappa shape index (κ1) is 19.7. The first-order valence-electron chi connectivity index (χ1n) is 8.97. The third kappa shape index (κ3) is 5.03. The van der Waals surface area contributed by atoms with E-state index in [1.807, 2.05) is 24.3 Å². The molecule has 0 aliphatic carbocycles. The Morgan fingerprint density at radius 3 is 2.57 bits per heavy atom. The van der Waals surface area contributed by atoms with Gasteiger partial charge in [-0.2, -0.15) is 5.26 Å². The average Bonchev–Trinajstić information content (AvgIpc) is 2.72. The fraction of sp³-hybridized carbons (Fsp3) is 0.238. The van der Waals surface area contributed by atoms with Gasteiger partial charge in [-0.3, -0.25) is 9.69 Å². The Kier molecular flexibility index (Phi) is 6.53. The molecule has 1 amide bonds. The molecule has 28 heavy (non-hydrogen) atoms. The third-order valence-corrected chi connectivity index (χ3v) is 4.83. The molecule has 2 aromatic rings. The first-order valence-corrected chi connectivity index (χ1v) is 9.35. The normalized spacial score (nSPS) is 15.1. The molecule has 2 N–H and O–H groups in total. The van der Waals surface area contributed by atoms with Crippen LogP contribution in [-0.4, -0.2) is 47.0 Å². The molecular formula is C21H21ClN4O2. The number of carbonyl (C=O) groups is 1. The van der Waals surface area contributed by atoms with E-state index in [1.54, 1.807) is 11.0 Å². The van der Waals surface area contributed by atoms with Crippen LogP contribution in [-0.2, 0) is 11.3 Å². The van der Waals surface area contributed by atoms with Crippen molar-refractivity contribution in [3.8, 4) is 11.8 Å². The number of nitrogens with one attached hydrogen (secondary N) is 1. The lowest BCUT2D eigenvalue weighted by Gasteiger charge is -2.34. The zero-order chi connectivity index (χ0) is 19.9. The van der Waals surface area contributed by atoms with Gasteiger partial charge in [-0.15, -0.1) is 0 Å². The fourth-order valence-electron chi connectivity index (χ4n) is 3.04. The van der Waals surface area contributed by atoms with Crippen LogP contribution in [0.25, 0.3) is 0 Å². The van der Waals surface area contributed by atoms with E-state index in [2.05, 4.69) is 22.3 Å². The molecule has 1 aliphatic rings. The second-order valence-corrected chi connectivity index (χ2v) is 6.97. The van der Waals surface area contributed by atoms with E-state index in [9.17, 15) is 15.2 Å². The van der Waals surface area contributed by atoms with Crippen molar-refractivity contribution >= 4 is 23.2 Å². The molecule has 0 bridgehead atoms. The minimum absolute atomic E-state index is 0.0140. The quantitative estimate of drug-likeness (QED) is 0.461. The molecule has 1 fully saturated rings. The largest absolute Gasteiger partial charge is 0.506 e. The van der Waals surface area contributed by atoms with Gasteiger partial charge in [0, 0.05) is 43.9 Å². The highest BCUT2D eigenvalue weighted by Crippen LogP contribution is 2.26. The summed E-state index contributed by atoms with van der Waals surface area (Å²) in [6, 6.07) is 16.7. The van der Waals surface area contributed by atoms with E-state index < -0.39 is 0 Å². The second kappa shape index (κ2) is 9.27. The van der Waals surface area contributed by atoms with E-state index in [1.165, 1.54) is 23.9 Å². The molecule has 1 heterocycles. The number of carbonyl (C=O) groups excluding carboxylic acids is 1. The van der Waals surface area contributed by atoms with Crippen LogP contribution < -0.4 is 5.32 Å². The van der Waals surface area contributed by atoms with Crippen LogP contribution in [0.3, 0.4) is 0 Å². The van der Waals surface area contributed by atoms with Crippen LogP contribution >= 0.6 is 11.6 Å². The highest BCUT2D eigenvalue weighted by molar-refractivity contribution is 6.30. The molecule has 0 atom stereocenters. The van der Waals surface area contributed by atoms with Gasteiger partial charge in [0.15, 0.2) is 0 Å². The molecule has 0 aromatic heterocycles. The maximum absolute atomic E-state index is 12.7. The zero-order valence-corrected chi connectivity index (χ0v) is 16.1. The van der Waals surface area contributed by atoms with E-state index >= 15 is 0 Å². The maximum Gasteiger partial charge on any atom is 0.266 e. The number of hydrogen-bond acceptors (Lipinski definition) is 5. The first-order chi connectivity index (χ1) is 13.6. The Morgan fingerprint density at radius 1 is 1.18 bits per heavy atom. The number of hydrogen-bond donors (Lipinski definition) is 2. The Labute approximate surface area is 169 Å². The van der Waals surface area contributed by atoms with Crippen LogP contribution in [0.4, 0.5) is 5.69 Å². The highest BCUT2D eigenvalue weighted by Gasteiger charge is 2.23. The van der Waals surface area contributed by atoms with Gasteiger partial charge in [0.1, 0.15) is 17.4 Å². The number of halogens is 1. The number of phenols is 1. The van der Waals surface area contributed by atoms with Gasteiger partial charge in [-0.05, 0) is 23.8 Å². The molecule has 0 radical (unpaired) electrons. The summed E-state index contributed by atoms with van der Waals surface area (Å²) in [5.74, 6) is -0.337. The lowest BCUT2D eigenvalue weighted by atomic mass is 10.2. The van der Waals surface area contributed by atoms with Crippen LogP contribution in [0.15, 0.2) is 60.3 Å². The predicted octanol–water partition coefficient (Wildman–Crippen LogP) is 3.21. The van der Waals surface area contributed by atoms with Crippen molar-refractivity contribution in [2.45, 2.75) is 6.54 Å². The van der Waals surface area contributed by atoms with Crippen molar-refractivity contribution in [2.75, 3.05) is 31.5 Å². The summed E-state index contributed by atoms with van der Waals surface area (Å²) in [5.41, 5.74) is 1.56. The number of anilines is 1. The summed E-state index contributed by atoms with van der Waals surface area (Å²) in [4.78, 5) is 16.6. The Balaban J connectivity index is 1.58. The standard InChI is InChI=1S/C21H21ClN4O2/c22-18-6-7-20(27)19(12-18)24-14-17(13-23)21(28)26-10-8-25(9-11-26)15-16-4-2-1-3-5-16/h1-7,12,14,24,27H,8-11,15H2/b17-14-. The van der Waals surface area contributed by atoms with E-state index in [0.717, 1.165) is 19.6 Å². The zero-order valence-electron chi connectivity index (χ0n) is 15.3. The number of aromatic hydroxyl groups is 1. The number of benzene rings is 2. The van der Waals surface area contributed by atoms with Gasteiger partial charge in [0.2, 0.25) is 0 Å². The maximum atomic E-state index is 12.7. The molecular weight excluding hydrogens is 376 g/mol. The minimum atomic E-state index is -0.323. The topological polar surface area (TPSA) is 79.6 Å². The predicted molar refractivity (Wildman–Crippen MR) is 109 cm³/mol. The molecule has 1 aliphatic heterocycles.